The molecule has 1 aromatic carbocycles. The normalized spacial score (nSPS) is 13.5. The molecule has 1 aromatic heterocycles. The van der Waals surface area contributed by atoms with Crippen LogP contribution in [-0.2, 0) is 14.3 Å². The van der Waals surface area contributed by atoms with Crippen molar-refractivity contribution < 1.29 is 24.0 Å². The van der Waals surface area contributed by atoms with Crippen molar-refractivity contribution in [2.24, 2.45) is 10.2 Å². The van der Waals surface area contributed by atoms with Crippen LogP contribution in [0.2, 0.25) is 0 Å². The molecule has 154 valence electrons. The van der Waals surface area contributed by atoms with Crippen LogP contribution in [0, 0.1) is 24.0 Å². The van der Waals surface area contributed by atoms with Crippen LogP contribution in [-0.4, -0.2) is 29.3 Å². The first-order valence-corrected chi connectivity index (χ1v) is 9.59. The molecule has 0 unspecified atom stereocenters. The quantitative estimate of drug-likeness (QED) is 0.222. The number of hydrogen-bond acceptors (Lipinski definition) is 9. The van der Waals surface area contributed by atoms with Crippen molar-refractivity contribution in [2.75, 3.05) is 11.5 Å². The van der Waals surface area contributed by atoms with Crippen LogP contribution in [0.25, 0.3) is 0 Å². The Hall–Kier alpha value is -3.73. The number of nitro groups is 1. The van der Waals surface area contributed by atoms with Gasteiger partial charge in [-0.25, -0.2) is 9.69 Å². The number of rotatable bonds is 6. The summed E-state index contributed by atoms with van der Waals surface area (Å²) in [5.74, 6) is -1.73. The molecule has 10 nitrogen and oxygen atoms in total. The van der Waals surface area contributed by atoms with E-state index in [9.17, 15) is 24.5 Å². The average Bonchev–Trinajstić information content (AvgIpc) is 3.18. The molecule has 2 heterocycles. The van der Waals surface area contributed by atoms with Gasteiger partial charge in [-0.2, -0.15) is 0 Å². The van der Waals surface area contributed by atoms with Crippen LogP contribution in [0.3, 0.4) is 0 Å². The Morgan fingerprint density at radius 2 is 1.87 bits per heavy atom. The maximum atomic E-state index is 12.2. The van der Waals surface area contributed by atoms with Gasteiger partial charge in [0.1, 0.15) is 5.56 Å². The van der Waals surface area contributed by atoms with Crippen molar-refractivity contribution in [1.82, 2.24) is 0 Å². The fraction of sp³-hybridized carbons (Fsp3) is 0.211. The highest BCUT2D eigenvalue weighted by Gasteiger charge is 2.28. The number of thiophene rings is 1. The number of esters is 1. The van der Waals surface area contributed by atoms with Gasteiger partial charge < -0.3 is 4.74 Å². The van der Waals surface area contributed by atoms with Crippen molar-refractivity contribution >= 4 is 51.2 Å². The molecule has 1 aliphatic heterocycles. The topological polar surface area (TPSA) is 132 Å². The van der Waals surface area contributed by atoms with Crippen molar-refractivity contribution in [3.8, 4) is 0 Å². The summed E-state index contributed by atoms with van der Waals surface area (Å²) in [6.45, 7) is 5.45. The first-order chi connectivity index (χ1) is 14.2. The molecule has 3 rings (SSSR count). The lowest BCUT2D eigenvalue weighted by molar-refractivity contribution is -0.384. The minimum absolute atomic E-state index is 0.0516. The minimum atomic E-state index is -0.687. The number of amides is 2. The molecule has 11 heteroatoms. The zero-order valence-corrected chi connectivity index (χ0v) is 17.1. The summed E-state index contributed by atoms with van der Waals surface area (Å²) < 4.78 is 5.05. The van der Waals surface area contributed by atoms with E-state index in [1.54, 1.807) is 13.8 Å². The van der Waals surface area contributed by atoms with Gasteiger partial charge in [0.15, 0.2) is 10.7 Å². The van der Waals surface area contributed by atoms with Gasteiger partial charge in [-0.05, 0) is 38.5 Å². The van der Waals surface area contributed by atoms with Crippen LogP contribution in [0.5, 0.6) is 0 Å². The summed E-state index contributed by atoms with van der Waals surface area (Å²) in [6, 6.07) is 3.73. The van der Waals surface area contributed by atoms with Gasteiger partial charge in [-0.15, -0.1) is 21.6 Å². The van der Waals surface area contributed by atoms with E-state index in [0.29, 0.717) is 5.56 Å². The van der Waals surface area contributed by atoms with E-state index in [0.717, 1.165) is 28.0 Å². The first-order valence-electron chi connectivity index (χ1n) is 8.78. The predicted molar refractivity (Wildman–Crippen MR) is 109 cm³/mol. The monoisotopic (exact) mass is 428 g/mol. The van der Waals surface area contributed by atoms with Gasteiger partial charge in [0.2, 0.25) is 0 Å². The highest BCUT2D eigenvalue weighted by atomic mass is 32.1. The van der Waals surface area contributed by atoms with Crippen molar-refractivity contribution in [3.05, 3.63) is 56.5 Å². The van der Waals surface area contributed by atoms with E-state index >= 15 is 0 Å². The molecule has 2 aromatic rings. The standard InChI is InChI=1S/C19H16N4O6S/c1-4-29-19(26)17-10(2)11(3)30-18(17)21-20-13-6-5-12(9-14(13)23(27)28)22-15(24)7-8-16(22)25/h5-9H,4H2,1-3H3. The van der Waals surface area contributed by atoms with E-state index in [-0.39, 0.29) is 28.5 Å². The fourth-order valence-electron chi connectivity index (χ4n) is 2.76. The summed E-state index contributed by atoms with van der Waals surface area (Å²) in [6.07, 6.45) is 2.17. The van der Waals surface area contributed by atoms with Crippen LogP contribution in [0.1, 0.15) is 27.7 Å². The largest absolute Gasteiger partial charge is 0.462 e. The molecular weight excluding hydrogens is 412 g/mol. The first kappa shape index (κ1) is 21.0. The smallest absolute Gasteiger partial charge is 0.341 e. The second-order valence-corrected chi connectivity index (χ2v) is 7.36. The number of imide groups is 1. The zero-order valence-electron chi connectivity index (χ0n) is 16.2. The van der Waals surface area contributed by atoms with Crippen LogP contribution < -0.4 is 4.90 Å². The van der Waals surface area contributed by atoms with E-state index in [4.69, 9.17) is 4.74 Å². The number of nitro benzene ring substituents is 1. The summed E-state index contributed by atoms with van der Waals surface area (Å²) in [5, 5.41) is 19.8. The van der Waals surface area contributed by atoms with Crippen molar-refractivity contribution in [2.45, 2.75) is 20.8 Å². The Labute approximate surface area is 174 Å². The number of ether oxygens (including phenoxy) is 1. The van der Waals surface area contributed by atoms with E-state index in [1.165, 1.54) is 23.5 Å². The van der Waals surface area contributed by atoms with Crippen molar-refractivity contribution in [3.63, 3.8) is 0 Å². The second-order valence-electron chi connectivity index (χ2n) is 6.16. The zero-order chi connectivity index (χ0) is 22.0. The Bertz CT molecular complexity index is 1120. The third kappa shape index (κ3) is 3.87. The highest BCUT2D eigenvalue weighted by Crippen LogP contribution is 2.38. The number of hydrogen-bond donors (Lipinski definition) is 0. The van der Waals surface area contributed by atoms with E-state index in [1.807, 2.05) is 6.92 Å². The summed E-state index contributed by atoms with van der Waals surface area (Å²) >= 11 is 1.22. The Morgan fingerprint density at radius 3 is 2.47 bits per heavy atom. The second kappa shape index (κ2) is 8.33. The molecular formula is C19H16N4O6S. The maximum absolute atomic E-state index is 12.2. The number of nitrogens with zero attached hydrogens (tertiary/aromatic N) is 4. The van der Waals surface area contributed by atoms with Gasteiger partial charge in [0.25, 0.3) is 17.5 Å². The highest BCUT2D eigenvalue weighted by molar-refractivity contribution is 7.16. The molecule has 1 aliphatic rings. The SMILES string of the molecule is CCOC(=O)c1c(N=Nc2ccc(N3C(=O)C=CC3=O)cc2[N+](=O)[O-])sc(C)c1C. The van der Waals surface area contributed by atoms with Gasteiger partial charge >= 0.3 is 5.97 Å². The summed E-state index contributed by atoms with van der Waals surface area (Å²) in [5.41, 5.74) is 0.494. The van der Waals surface area contributed by atoms with Gasteiger partial charge in [0.05, 0.1) is 17.2 Å². The minimum Gasteiger partial charge on any atom is -0.462 e. The average molecular weight is 428 g/mol. The lowest BCUT2D eigenvalue weighted by Crippen LogP contribution is -2.29. The lowest BCUT2D eigenvalue weighted by atomic mass is 10.1. The number of aryl methyl sites for hydroxylation is 1. The molecule has 0 radical (unpaired) electrons. The van der Waals surface area contributed by atoms with Crippen LogP contribution in [0.15, 0.2) is 40.6 Å². The Kier molecular flexibility index (Phi) is 5.83. The Morgan fingerprint density at radius 1 is 1.20 bits per heavy atom. The molecule has 0 fully saturated rings. The number of carbonyl (C=O) groups excluding carboxylic acids is 3. The number of benzene rings is 1. The predicted octanol–water partition coefficient (Wildman–Crippen LogP) is 4.29. The summed E-state index contributed by atoms with van der Waals surface area (Å²) in [4.78, 5) is 48.4. The molecule has 2 amide bonds. The van der Waals surface area contributed by atoms with Crippen molar-refractivity contribution in [1.29, 1.82) is 0 Å². The van der Waals surface area contributed by atoms with E-state index < -0.39 is 28.4 Å². The van der Waals surface area contributed by atoms with Gasteiger partial charge in [-0.1, -0.05) is 0 Å². The molecule has 0 atom stereocenters. The molecule has 0 bridgehead atoms. The maximum Gasteiger partial charge on any atom is 0.341 e. The third-order valence-corrected chi connectivity index (χ3v) is 5.41. The molecule has 30 heavy (non-hydrogen) atoms. The molecule has 0 aliphatic carbocycles. The molecule has 0 saturated carbocycles. The molecule has 0 spiro atoms. The molecule has 0 saturated heterocycles. The number of azo groups is 1. The third-order valence-electron chi connectivity index (χ3n) is 4.32. The van der Waals surface area contributed by atoms with Gasteiger partial charge in [0, 0.05) is 23.1 Å². The summed E-state index contributed by atoms with van der Waals surface area (Å²) in [7, 11) is 0. The van der Waals surface area contributed by atoms with Crippen LogP contribution in [0.4, 0.5) is 22.1 Å². The number of anilines is 1. The number of carbonyl (C=O) groups is 3. The Balaban J connectivity index is 2.00. The van der Waals surface area contributed by atoms with Gasteiger partial charge in [-0.3, -0.25) is 19.7 Å². The lowest BCUT2D eigenvalue weighted by Gasteiger charge is -2.13. The van der Waals surface area contributed by atoms with E-state index in [2.05, 4.69) is 10.2 Å². The fourth-order valence-corrected chi connectivity index (χ4v) is 3.72. The molecule has 0 N–H and O–H groups in total. The van der Waals surface area contributed by atoms with Crippen LogP contribution >= 0.6 is 11.3 Å².